The Morgan fingerprint density at radius 2 is 1.82 bits per heavy atom. The molecule has 0 amide bonds. The van der Waals surface area contributed by atoms with E-state index in [1.54, 1.807) is 0 Å². The third kappa shape index (κ3) is 3.47. The van der Waals surface area contributed by atoms with E-state index in [-0.39, 0.29) is 0 Å². The highest BCUT2D eigenvalue weighted by molar-refractivity contribution is 5.39. The first-order valence-electron chi connectivity index (χ1n) is 6.88. The topological polar surface area (TPSA) is 29.3 Å². The average molecular weight is 232 g/mol. The smallest absolute Gasteiger partial charge is 0.0314 e. The quantitative estimate of drug-likeness (QED) is 0.791. The third-order valence-electron chi connectivity index (χ3n) is 3.91. The maximum Gasteiger partial charge on any atom is 0.0314 e. The molecule has 1 aromatic carbocycles. The summed E-state index contributed by atoms with van der Waals surface area (Å²) in [6, 6.07) is 9.15. The van der Waals surface area contributed by atoms with Gasteiger partial charge in [-0.15, -0.1) is 0 Å². The monoisotopic (exact) mass is 232 g/mol. The zero-order valence-corrected chi connectivity index (χ0v) is 10.9. The van der Waals surface area contributed by atoms with Crippen molar-refractivity contribution in [3.63, 3.8) is 0 Å². The van der Waals surface area contributed by atoms with Gasteiger partial charge in [0, 0.05) is 18.3 Å². The number of hydrogen-bond acceptors (Lipinski definition) is 2. The van der Waals surface area contributed by atoms with E-state index in [2.05, 4.69) is 24.0 Å². The van der Waals surface area contributed by atoms with Crippen LogP contribution in [0.25, 0.3) is 0 Å². The lowest BCUT2D eigenvalue weighted by Crippen LogP contribution is -2.34. The maximum atomic E-state index is 5.70. The highest BCUT2D eigenvalue weighted by Crippen LogP contribution is 2.23. The first-order valence-corrected chi connectivity index (χ1v) is 6.88. The summed E-state index contributed by atoms with van der Waals surface area (Å²) in [6.07, 6.45) is 6.78. The van der Waals surface area contributed by atoms with E-state index in [4.69, 9.17) is 5.73 Å². The summed E-state index contributed by atoms with van der Waals surface area (Å²) in [5.41, 5.74) is 7.95. The summed E-state index contributed by atoms with van der Waals surface area (Å²) < 4.78 is 0. The molecule has 94 valence electrons. The van der Waals surface area contributed by atoms with Crippen molar-refractivity contribution in [1.29, 1.82) is 0 Å². The minimum absolute atomic E-state index is 0.841. The molecular formula is C15H24N2. The molecule has 0 radical (unpaired) electrons. The van der Waals surface area contributed by atoms with Gasteiger partial charge in [0.05, 0.1) is 0 Å². The Morgan fingerprint density at radius 3 is 2.41 bits per heavy atom. The summed E-state index contributed by atoms with van der Waals surface area (Å²) in [5.74, 6) is 0. The van der Waals surface area contributed by atoms with Crippen LogP contribution in [-0.2, 0) is 6.42 Å². The van der Waals surface area contributed by atoms with Crippen LogP contribution >= 0.6 is 0 Å². The zero-order chi connectivity index (χ0) is 12.1. The minimum atomic E-state index is 0.841. The van der Waals surface area contributed by atoms with Gasteiger partial charge < -0.3 is 10.6 Å². The summed E-state index contributed by atoms with van der Waals surface area (Å²) in [7, 11) is 0. The van der Waals surface area contributed by atoms with Gasteiger partial charge in [0.25, 0.3) is 0 Å². The first kappa shape index (κ1) is 12.4. The van der Waals surface area contributed by atoms with Gasteiger partial charge in [-0.3, -0.25) is 0 Å². The fraction of sp³-hybridized carbons (Fsp3) is 0.600. The zero-order valence-electron chi connectivity index (χ0n) is 10.9. The number of anilines is 1. The molecular weight excluding hydrogens is 208 g/mol. The van der Waals surface area contributed by atoms with Crippen molar-refractivity contribution in [3.8, 4) is 0 Å². The Labute approximate surface area is 105 Å². The van der Waals surface area contributed by atoms with Crippen molar-refractivity contribution in [2.45, 2.75) is 45.1 Å². The molecule has 1 aliphatic rings. The van der Waals surface area contributed by atoms with Crippen LogP contribution < -0.4 is 5.73 Å². The molecule has 2 N–H and O–H groups in total. The Bertz CT molecular complexity index is 325. The molecule has 0 aromatic heterocycles. The summed E-state index contributed by atoms with van der Waals surface area (Å²) in [5, 5.41) is 0. The second-order valence-corrected chi connectivity index (χ2v) is 5.06. The molecule has 0 atom stereocenters. The Hall–Kier alpha value is -1.02. The van der Waals surface area contributed by atoms with E-state index in [9.17, 15) is 0 Å². The van der Waals surface area contributed by atoms with Crippen LogP contribution in [-0.4, -0.2) is 24.0 Å². The predicted molar refractivity (Wildman–Crippen MR) is 74.1 cm³/mol. The Kier molecular flexibility index (Phi) is 4.43. The first-order chi connectivity index (χ1) is 8.29. The molecule has 0 bridgehead atoms. The van der Waals surface area contributed by atoms with Crippen LogP contribution in [0.3, 0.4) is 0 Å². The van der Waals surface area contributed by atoms with Crippen molar-refractivity contribution in [2.75, 3.05) is 18.8 Å². The molecule has 0 unspecified atom stereocenters. The van der Waals surface area contributed by atoms with E-state index < -0.39 is 0 Å². The number of nitrogens with two attached hydrogens (primary N) is 1. The van der Waals surface area contributed by atoms with Gasteiger partial charge in [0.1, 0.15) is 0 Å². The SMILES string of the molecule is CCN(CCc1ccc(N)cc1)C1CCCC1. The average Bonchev–Trinajstić information content (AvgIpc) is 2.86. The van der Waals surface area contributed by atoms with E-state index in [1.165, 1.54) is 44.3 Å². The van der Waals surface area contributed by atoms with Gasteiger partial charge in [-0.2, -0.15) is 0 Å². The molecule has 1 fully saturated rings. The number of benzene rings is 1. The van der Waals surface area contributed by atoms with Crippen molar-refractivity contribution in [3.05, 3.63) is 29.8 Å². The largest absolute Gasteiger partial charge is 0.399 e. The molecule has 1 saturated carbocycles. The molecule has 1 aliphatic carbocycles. The lowest BCUT2D eigenvalue weighted by Gasteiger charge is -2.27. The van der Waals surface area contributed by atoms with Crippen LogP contribution in [0.15, 0.2) is 24.3 Å². The van der Waals surface area contributed by atoms with Crippen LogP contribution in [0, 0.1) is 0 Å². The highest BCUT2D eigenvalue weighted by Gasteiger charge is 2.20. The molecule has 0 spiro atoms. The summed E-state index contributed by atoms with van der Waals surface area (Å²) in [6.45, 7) is 4.64. The van der Waals surface area contributed by atoms with Crippen LogP contribution in [0.5, 0.6) is 0 Å². The molecule has 1 aromatic rings. The van der Waals surface area contributed by atoms with Crippen LogP contribution in [0.1, 0.15) is 38.2 Å². The molecule has 0 aliphatic heterocycles. The van der Waals surface area contributed by atoms with Gasteiger partial charge in [-0.25, -0.2) is 0 Å². The molecule has 0 heterocycles. The Balaban J connectivity index is 1.84. The standard InChI is InChI=1S/C15H24N2/c1-2-17(15-5-3-4-6-15)12-11-13-7-9-14(16)10-8-13/h7-10,15H,2-6,11-12,16H2,1H3. The van der Waals surface area contributed by atoms with Gasteiger partial charge >= 0.3 is 0 Å². The van der Waals surface area contributed by atoms with Gasteiger partial charge in [-0.05, 0) is 43.5 Å². The van der Waals surface area contributed by atoms with E-state index in [1.807, 2.05) is 12.1 Å². The number of hydrogen-bond donors (Lipinski definition) is 1. The number of nitrogen functional groups attached to an aromatic ring is 1. The summed E-state index contributed by atoms with van der Waals surface area (Å²) >= 11 is 0. The second-order valence-electron chi connectivity index (χ2n) is 5.06. The van der Waals surface area contributed by atoms with E-state index in [0.717, 1.165) is 18.2 Å². The lowest BCUT2D eigenvalue weighted by molar-refractivity contribution is 0.211. The fourth-order valence-electron chi connectivity index (χ4n) is 2.83. The molecule has 2 nitrogen and oxygen atoms in total. The van der Waals surface area contributed by atoms with Crippen molar-refractivity contribution in [1.82, 2.24) is 4.90 Å². The predicted octanol–water partition coefficient (Wildman–Crippen LogP) is 3.08. The fourth-order valence-corrected chi connectivity index (χ4v) is 2.83. The number of likely N-dealkylation sites (N-methyl/N-ethyl adjacent to an activating group) is 1. The normalized spacial score (nSPS) is 16.8. The Morgan fingerprint density at radius 1 is 1.18 bits per heavy atom. The van der Waals surface area contributed by atoms with Crippen LogP contribution in [0.4, 0.5) is 5.69 Å². The van der Waals surface area contributed by atoms with Gasteiger partial charge in [0.15, 0.2) is 0 Å². The maximum absolute atomic E-state index is 5.70. The van der Waals surface area contributed by atoms with Crippen LogP contribution in [0.2, 0.25) is 0 Å². The van der Waals surface area contributed by atoms with Crippen molar-refractivity contribution >= 4 is 5.69 Å². The number of rotatable bonds is 5. The third-order valence-corrected chi connectivity index (χ3v) is 3.91. The lowest BCUT2D eigenvalue weighted by atomic mass is 10.1. The van der Waals surface area contributed by atoms with E-state index >= 15 is 0 Å². The van der Waals surface area contributed by atoms with Crippen molar-refractivity contribution < 1.29 is 0 Å². The molecule has 17 heavy (non-hydrogen) atoms. The molecule has 2 heteroatoms. The summed E-state index contributed by atoms with van der Waals surface area (Å²) in [4.78, 5) is 2.64. The van der Waals surface area contributed by atoms with E-state index in [0.29, 0.717) is 0 Å². The highest BCUT2D eigenvalue weighted by atomic mass is 15.1. The molecule has 0 saturated heterocycles. The van der Waals surface area contributed by atoms with Crippen molar-refractivity contribution in [2.24, 2.45) is 0 Å². The minimum Gasteiger partial charge on any atom is -0.399 e. The van der Waals surface area contributed by atoms with Gasteiger partial charge in [-0.1, -0.05) is 31.9 Å². The van der Waals surface area contributed by atoms with Gasteiger partial charge in [0.2, 0.25) is 0 Å². The molecule has 2 rings (SSSR count). The second kappa shape index (κ2) is 6.06. The number of nitrogens with zero attached hydrogens (tertiary/aromatic N) is 1.